The summed E-state index contributed by atoms with van der Waals surface area (Å²) in [7, 11) is 0. The van der Waals surface area contributed by atoms with Crippen LogP contribution in [-0.2, 0) is 0 Å². The minimum Gasteiger partial charge on any atom is -0.287 e. The first kappa shape index (κ1) is 11.0. The molecule has 3 rings (SSSR count). The van der Waals surface area contributed by atoms with E-state index in [1.807, 2.05) is 29.6 Å². The molecule has 0 aliphatic rings. The topological polar surface area (TPSA) is 42.9 Å². The Balaban J connectivity index is 2.15. The minimum atomic E-state index is -0.0476. The third-order valence-corrected chi connectivity index (χ3v) is 3.70. The second-order valence-corrected chi connectivity index (χ2v) is 4.88. The highest BCUT2D eigenvalue weighted by molar-refractivity contribution is 7.17. The summed E-state index contributed by atoms with van der Waals surface area (Å²) < 4.78 is 1.01. The van der Waals surface area contributed by atoms with Gasteiger partial charge in [0.25, 0.3) is 0 Å². The van der Waals surface area contributed by atoms with Crippen LogP contribution in [0.2, 0.25) is 0 Å². The summed E-state index contributed by atoms with van der Waals surface area (Å²) in [6.45, 7) is 1.78. The second kappa shape index (κ2) is 4.31. The van der Waals surface area contributed by atoms with Crippen molar-refractivity contribution in [2.45, 2.75) is 6.92 Å². The molecule has 0 radical (unpaired) electrons. The number of hydrogen-bond donors (Lipinski definition) is 0. The zero-order valence-electron chi connectivity index (χ0n) is 9.75. The Morgan fingerprint density at radius 3 is 2.94 bits per heavy atom. The third-order valence-electron chi connectivity index (χ3n) is 2.73. The molecule has 0 atom stereocenters. The molecule has 0 amide bonds. The quantitative estimate of drug-likeness (QED) is 0.659. The molecule has 1 aromatic carbocycles. The number of carbonyl (C=O) groups excluding carboxylic acids is 1. The van der Waals surface area contributed by atoms with Crippen molar-refractivity contribution in [3.63, 3.8) is 0 Å². The lowest BCUT2D eigenvalue weighted by atomic mass is 10.1. The summed E-state index contributed by atoms with van der Waals surface area (Å²) in [6, 6.07) is 9.42. The smallest absolute Gasteiger partial charge is 0.212 e. The van der Waals surface area contributed by atoms with Crippen LogP contribution >= 0.6 is 11.3 Å². The van der Waals surface area contributed by atoms with Gasteiger partial charge in [0.05, 0.1) is 0 Å². The fourth-order valence-corrected chi connectivity index (χ4v) is 2.80. The maximum atomic E-state index is 12.4. The maximum absolute atomic E-state index is 12.4. The van der Waals surface area contributed by atoms with Crippen molar-refractivity contribution in [3.05, 3.63) is 59.0 Å². The van der Waals surface area contributed by atoms with Crippen LogP contribution in [0.4, 0.5) is 0 Å². The van der Waals surface area contributed by atoms with Gasteiger partial charge in [-0.3, -0.25) is 4.79 Å². The SMILES string of the molecule is Cc1nccc(C(=O)c2cccc3ccsc23)n1. The molecule has 0 fully saturated rings. The highest BCUT2D eigenvalue weighted by Crippen LogP contribution is 2.26. The molecule has 0 spiro atoms. The fraction of sp³-hybridized carbons (Fsp3) is 0.0714. The molecular formula is C14H10N2OS. The number of thiophene rings is 1. The van der Waals surface area contributed by atoms with Crippen molar-refractivity contribution in [2.24, 2.45) is 0 Å². The van der Waals surface area contributed by atoms with Gasteiger partial charge >= 0.3 is 0 Å². The van der Waals surface area contributed by atoms with Crippen LogP contribution in [0, 0.1) is 6.92 Å². The molecule has 3 aromatic rings. The fourth-order valence-electron chi connectivity index (χ4n) is 1.89. The maximum Gasteiger partial charge on any atom is 0.212 e. The first-order valence-corrected chi connectivity index (χ1v) is 6.44. The lowest BCUT2D eigenvalue weighted by Crippen LogP contribution is -2.05. The lowest BCUT2D eigenvalue weighted by Gasteiger charge is -2.02. The number of rotatable bonds is 2. The number of aryl methyl sites for hydroxylation is 1. The Morgan fingerprint density at radius 2 is 2.11 bits per heavy atom. The monoisotopic (exact) mass is 254 g/mol. The van der Waals surface area contributed by atoms with Crippen molar-refractivity contribution >= 4 is 27.2 Å². The van der Waals surface area contributed by atoms with Gasteiger partial charge in [0, 0.05) is 16.5 Å². The molecule has 3 nitrogen and oxygen atoms in total. The predicted molar refractivity (Wildman–Crippen MR) is 72.0 cm³/mol. The van der Waals surface area contributed by atoms with Gasteiger partial charge < -0.3 is 0 Å². The van der Waals surface area contributed by atoms with E-state index in [0.717, 1.165) is 10.1 Å². The molecule has 4 heteroatoms. The molecule has 0 bridgehead atoms. The van der Waals surface area contributed by atoms with Crippen LogP contribution in [0.15, 0.2) is 41.9 Å². The van der Waals surface area contributed by atoms with E-state index < -0.39 is 0 Å². The van der Waals surface area contributed by atoms with E-state index in [-0.39, 0.29) is 5.78 Å². The first-order valence-electron chi connectivity index (χ1n) is 5.56. The van der Waals surface area contributed by atoms with Crippen LogP contribution in [-0.4, -0.2) is 15.8 Å². The number of aromatic nitrogens is 2. The molecule has 0 unspecified atom stereocenters. The Hall–Kier alpha value is -2.07. The highest BCUT2D eigenvalue weighted by atomic mass is 32.1. The van der Waals surface area contributed by atoms with E-state index in [9.17, 15) is 4.79 Å². The summed E-state index contributed by atoms with van der Waals surface area (Å²) in [6.07, 6.45) is 1.62. The zero-order chi connectivity index (χ0) is 12.5. The van der Waals surface area contributed by atoms with Gasteiger partial charge in [-0.15, -0.1) is 11.3 Å². The van der Waals surface area contributed by atoms with E-state index >= 15 is 0 Å². The summed E-state index contributed by atoms with van der Waals surface area (Å²) in [4.78, 5) is 20.6. The van der Waals surface area contributed by atoms with Crippen LogP contribution in [0.5, 0.6) is 0 Å². The van der Waals surface area contributed by atoms with Crippen LogP contribution in [0.1, 0.15) is 21.9 Å². The van der Waals surface area contributed by atoms with E-state index in [2.05, 4.69) is 9.97 Å². The third kappa shape index (κ3) is 1.80. The van der Waals surface area contributed by atoms with Gasteiger partial charge in [-0.25, -0.2) is 9.97 Å². The summed E-state index contributed by atoms with van der Waals surface area (Å²) in [5.41, 5.74) is 1.16. The van der Waals surface area contributed by atoms with Crippen molar-refractivity contribution in [1.82, 2.24) is 9.97 Å². The van der Waals surface area contributed by atoms with Gasteiger partial charge in [0.15, 0.2) is 0 Å². The van der Waals surface area contributed by atoms with Crippen LogP contribution < -0.4 is 0 Å². The number of ketones is 1. The van der Waals surface area contributed by atoms with Crippen molar-refractivity contribution in [1.29, 1.82) is 0 Å². The largest absolute Gasteiger partial charge is 0.287 e. The standard InChI is InChI=1S/C14H10N2OS/c1-9-15-7-5-12(16-9)13(17)11-4-2-3-10-6-8-18-14(10)11/h2-8H,1H3. The number of fused-ring (bicyclic) bond motifs is 1. The molecule has 2 aromatic heterocycles. The molecule has 0 saturated carbocycles. The number of hydrogen-bond acceptors (Lipinski definition) is 4. The van der Waals surface area contributed by atoms with Gasteiger partial charge in [0.2, 0.25) is 5.78 Å². The van der Waals surface area contributed by atoms with Crippen molar-refractivity contribution < 1.29 is 4.79 Å². The summed E-state index contributed by atoms with van der Waals surface area (Å²) in [5, 5.41) is 3.09. The molecule has 0 aliphatic heterocycles. The number of benzene rings is 1. The highest BCUT2D eigenvalue weighted by Gasteiger charge is 2.14. The summed E-state index contributed by atoms with van der Waals surface area (Å²) in [5.74, 6) is 0.563. The minimum absolute atomic E-state index is 0.0476. The van der Waals surface area contributed by atoms with Crippen molar-refractivity contribution in [3.8, 4) is 0 Å². The van der Waals surface area contributed by atoms with E-state index in [1.165, 1.54) is 0 Å². The Labute approximate surface area is 108 Å². The van der Waals surface area contributed by atoms with Gasteiger partial charge in [-0.2, -0.15) is 0 Å². The van der Waals surface area contributed by atoms with Gasteiger partial charge in [-0.05, 0) is 35.9 Å². The Kier molecular flexibility index (Phi) is 2.64. The first-order chi connectivity index (χ1) is 8.75. The lowest BCUT2D eigenvalue weighted by molar-refractivity contribution is 0.103. The van der Waals surface area contributed by atoms with E-state index in [1.54, 1.807) is 30.5 Å². The number of nitrogens with zero attached hydrogens (tertiary/aromatic N) is 2. The second-order valence-electron chi connectivity index (χ2n) is 3.96. The molecule has 0 saturated heterocycles. The molecular weight excluding hydrogens is 244 g/mol. The zero-order valence-corrected chi connectivity index (χ0v) is 10.6. The van der Waals surface area contributed by atoms with E-state index in [0.29, 0.717) is 17.1 Å². The number of carbonyl (C=O) groups is 1. The van der Waals surface area contributed by atoms with Gasteiger partial charge in [0.1, 0.15) is 11.5 Å². The average molecular weight is 254 g/mol. The molecule has 18 heavy (non-hydrogen) atoms. The molecule has 0 N–H and O–H groups in total. The van der Waals surface area contributed by atoms with Gasteiger partial charge in [-0.1, -0.05) is 12.1 Å². The van der Waals surface area contributed by atoms with Crippen LogP contribution in [0.3, 0.4) is 0 Å². The summed E-state index contributed by atoms with van der Waals surface area (Å²) >= 11 is 1.58. The predicted octanol–water partition coefficient (Wildman–Crippen LogP) is 3.23. The Morgan fingerprint density at radius 1 is 1.22 bits per heavy atom. The van der Waals surface area contributed by atoms with E-state index in [4.69, 9.17) is 0 Å². The average Bonchev–Trinajstić information content (AvgIpc) is 2.86. The molecule has 2 heterocycles. The van der Waals surface area contributed by atoms with Crippen LogP contribution in [0.25, 0.3) is 10.1 Å². The Bertz CT molecular complexity index is 733. The molecule has 88 valence electrons. The molecule has 0 aliphatic carbocycles. The normalized spacial score (nSPS) is 10.7. The van der Waals surface area contributed by atoms with Crippen molar-refractivity contribution in [2.75, 3.05) is 0 Å².